The van der Waals surface area contributed by atoms with Crippen LogP contribution in [0.25, 0.3) is 11.3 Å². The first kappa shape index (κ1) is 11.1. The summed E-state index contributed by atoms with van der Waals surface area (Å²) in [7, 11) is 0. The molecule has 0 unspecified atom stereocenters. The van der Waals surface area contributed by atoms with Crippen molar-refractivity contribution < 1.29 is 5.11 Å². The maximum Gasteiger partial charge on any atom is 0.128 e. The molecule has 0 saturated heterocycles. The minimum atomic E-state index is 0.426. The Morgan fingerprint density at radius 1 is 1.11 bits per heavy atom. The predicted octanol–water partition coefficient (Wildman–Crippen LogP) is 4.02. The van der Waals surface area contributed by atoms with Crippen molar-refractivity contribution in [3.8, 4) is 0 Å². The molecule has 0 saturated carbocycles. The maximum absolute atomic E-state index is 10.5. The molecule has 3 rings (SSSR count). The van der Waals surface area contributed by atoms with Crippen molar-refractivity contribution in [1.82, 2.24) is 4.57 Å². The number of aliphatic hydroxyl groups is 1. The molecule has 0 bridgehead atoms. The molecule has 0 aliphatic carbocycles. The zero-order valence-corrected chi connectivity index (χ0v) is 10.6. The van der Waals surface area contributed by atoms with Gasteiger partial charge >= 0.3 is 0 Å². The highest BCUT2D eigenvalue weighted by Gasteiger charge is 2.19. The molecular formula is C16H17NO. The highest BCUT2D eigenvalue weighted by molar-refractivity contribution is 5.86. The summed E-state index contributed by atoms with van der Waals surface area (Å²) >= 11 is 0. The van der Waals surface area contributed by atoms with Crippen LogP contribution in [-0.2, 0) is 6.54 Å². The summed E-state index contributed by atoms with van der Waals surface area (Å²) in [6.07, 6.45) is 2.04. The van der Waals surface area contributed by atoms with Crippen LogP contribution in [0.3, 0.4) is 0 Å². The molecule has 1 aliphatic heterocycles. The fourth-order valence-electron chi connectivity index (χ4n) is 2.68. The average molecular weight is 239 g/mol. The zero-order valence-electron chi connectivity index (χ0n) is 10.6. The molecule has 2 aromatic rings. The first-order chi connectivity index (χ1) is 8.77. The van der Waals surface area contributed by atoms with Crippen LogP contribution in [0.1, 0.15) is 29.8 Å². The largest absolute Gasteiger partial charge is 0.507 e. The van der Waals surface area contributed by atoms with Gasteiger partial charge in [-0.15, -0.1) is 0 Å². The SMILES string of the molecule is Cc1ccc2n1CCC/C2=C(\O)c1ccccc1. The summed E-state index contributed by atoms with van der Waals surface area (Å²) in [5, 5.41) is 10.5. The van der Waals surface area contributed by atoms with Gasteiger partial charge in [-0.2, -0.15) is 0 Å². The van der Waals surface area contributed by atoms with Crippen LogP contribution in [0, 0.1) is 6.92 Å². The second-order valence-corrected chi connectivity index (χ2v) is 4.81. The fourth-order valence-corrected chi connectivity index (χ4v) is 2.68. The van der Waals surface area contributed by atoms with Crippen LogP contribution in [0.2, 0.25) is 0 Å². The Bertz CT molecular complexity index is 593. The van der Waals surface area contributed by atoms with Gasteiger partial charge in [0.1, 0.15) is 5.76 Å². The number of benzene rings is 1. The van der Waals surface area contributed by atoms with E-state index in [4.69, 9.17) is 0 Å². The molecule has 1 aliphatic rings. The van der Waals surface area contributed by atoms with E-state index in [0.29, 0.717) is 5.76 Å². The topological polar surface area (TPSA) is 25.2 Å². The molecule has 1 aromatic carbocycles. The van der Waals surface area contributed by atoms with Crippen molar-refractivity contribution in [2.75, 3.05) is 0 Å². The fraction of sp³-hybridized carbons (Fsp3) is 0.250. The van der Waals surface area contributed by atoms with E-state index in [9.17, 15) is 5.11 Å². The Labute approximate surface area is 107 Å². The Morgan fingerprint density at radius 2 is 1.89 bits per heavy atom. The summed E-state index contributed by atoms with van der Waals surface area (Å²) in [5.74, 6) is 0.426. The lowest BCUT2D eigenvalue weighted by Gasteiger charge is -2.21. The molecule has 0 fully saturated rings. The van der Waals surface area contributed by atoms with Crippen LogP contribution in [0.4, 0.5) is 0 Å². The third-order valence-corrected chi connectivity index (χ3v) is 3.65. The van der Waals surface area contributed by atoms with Gasteiger partial charge in [-0.25, -0.2) is 0 Å². The van der Waals surface area contributed by atoms with E-state index in [-0.39, 0.29) is 0 Å². The first-order valence-corrected chi connectivity index (χ1v) is 6.41. The minimum absolute atomic E-state index is 0.426. The Morgan fingerprint density at radius 3 is 2.67 bits per heavy atom. The van der Waals surface area contributed by atoms with Crippen LogP contribution < -0.4 is 0 Å². The summed E-state index contributed by atoms with van der Waals surface area (Å²) in [4.78, 5) is 0. The number of hydrogen-bond donors (Lipinski definition) is 1. The number of allylic oxidation sites excluding steroid dienone is 1. The zero-order chi connectivity index (χ0) is 12.5. The molecular weight excluding hydrogens is 222 g/mol. The van der Waals surface area contributed by atoms with E-state index in [1.165, 1.54) is 11.4 Å². The molecule has 92 valence electrons. The van der Waals surface area contributed by atoms with Gasteiger partial charge in [0.15, 0.2) is 0 Å². The van der Waals surface area contributed by atoms with E-state index < -0.39 is 0 Å². The molecule has 0 amide bonds. The average Bonchev–Trinajstić information content (AvgIpc) is 2.81. The standard InChI is InChI=1S/C16H17NO/c1-12-9-10-15-14(8-5-11-17(12)15)16(18)13-6-3-2-4-7-13/h2-4,6-7,9-10,18H,5,8,11H2,1H3/b16-14+. The van der Waals surface area contributed by atoms with Crippen molar-refractivity contribution in [3.63, 3.8) is 0 Å². The van der Waals surface area contributed by atoms with Gasteiger partial charge in [0.25, 0.3) is 0 Å². The molecule has 1 N–H and O–H groups in total. The van der Waals surface area contributed by atoms with Crippen molar-refractivity contribution in [3.05, 3.63) is 59.4 Å². The van der Waals surface area contributed by atoms with Crippen LogP contribution in [0.5, 0.6) is 0 Å². The predicted molar refractivity (Wildman–Crippen MR) is 74.3 cm³/mol. The molecule has 2 nitrogen and oxygen atoms in total. The van der Waals surface area contributed by atoms with Crippen molar-refractivity contribution in [2.45, 2.75) is 26.3 Å². The van der Waals surface area contributed by atoms with Crippen molar-refractivity contribution in [1.29, 1.82) is 0 Å². The van der Waals surface area contributed by atoms with Crippen LogP contribution in [-0.4, -0.2) is 9.67 Å². The monoisotopic (exact) mass is 239 g/mol. The van der Waals surface area contributed by atoms with E-state index in [2.05, 4.69) is 23.6 Å². The quantitative estimate of drug-likeness (QED) is 0.747. The second-order valence-electron chi connectivity index (χ2n) is 4.81. The number of aromatic nitrogens is 1. The Kier molecular flexibility index (Phi) is 2.71. The highest BCUT2D eigenvalue weighted by Crippen LogP contribution is 2.33. The van der Waals surface area contributed by atoms with Gasteiger partial charge < -0.3 is 9.67 Å². The number of nitrogens with zero attached hydrogens (tertiary/aromatic N) is 1. The Balaban J connectivity index is 2.13. The number of fused-ring (bicyclic) bond motifs is 1. The van der Waals surface area contributed by atoms with Gasteiger partial charge in [-0.3, -0.25) is 0 Å². The van der Waals surface area contributed by atoms with Crippen molar-refractivity contribution in [2.24, 2.45) is 0 Å². The van der Waals surface area contributed by atoms with Gasteiger partial charge in [-0.05, 0) is 31.9 Å². The smallest absolute Gasteiger partial charge is 0.128 e. The van der Waals surface area contributed by atoms with Crippen molar-refractivity contribution >= 4 is 11.3 Å². The molecule has 18 heavy (non-hydrogen) atoms. The lowest BCUT2D eigenvalue weighted by atomic mass is 9.98. The lowest BCUT2D eigenvalue weighted by molar-refractivity contribution is 0.506. The van der Waals surface area contributed by atoms with Crippen LogP contribution >= 0.6 is 0 Å². The molecule has 2 heteroatoms. The normalized spacial score (nSPS) is 17.4. The van der Waals surface area contributed by atoms with E-state index >= 15 is 0 Å². The van der Waals surface area contributed by atoms with E-state index in [1.807, 2.05) is 30.3 Å². The minimum Gasteiger partial charge on any atom is -0.507 e. The van der Waals surface area contributed by atoms with Gasteiger partial charge in [0.05, 0.1) is 0 Å². The molecule has 1 aromatic heterocycles. The van der Waals surface area contributed by atoms with Gasteiger partial charge in [0.2, 0.25) is 0 Å². The maximum atomic E-state index is 10.5. The number of aliphatic hydroxyl groups excluding tert-OH is 1. The van der Waals surface area contributed by atoms with Gasteiger partial charge in [0, 0.05) is 29.1 Å². The van der Waals surface area contributed by atoms with E-state index in [0.717, 1.165) is 30.5 Å². The highest BCUT2D eigenvalue weighted by atomic mass is 16.3. The Hall–Kier alpha value is -1.96. The first-order valence-electron chi connectivity index (χ1n) is 6.41. The molecule has 2 heterocycles. The number of hydrogen-bond acceptors (Lipinski definition) is 1. The molecule has 0 spiro atoms. The summed E-state index contributed by atoms with van der Waals surface area (Å²) < 4.78 is 2.29. The summed E-state index contributed by atoms with van der Waals surface area (Å²) in [6.45, 7) is 3.17. The van der Waals surface area contributed by atoms with Gasteiger partial charge in [-0.1, -0.05) is 30.3 Å². The second kappa shape index (κ2) is 4.37. The molecule has 0 radical (unpaired) electrons. The molecule has 0 atom stereocenters. The van der Waals surface area contributed by atoms with E-state index in [1.54, 1.807) is 0 Å². The third kappa shape index (κ3) is 1.74. The summed E-state index contributed by atoms with van der Waals surface area (Å²) in [6, 6.07) is 14.0. The number of rotatable bonds is 1. The lowest BCUT2D eigenvalue weighted by Crippen LogP contribution is -2.11. The van der Waals surface area contributed by atoms with Crippen LogP contribution in [0.15, 0.2) is 42.5 Å². The third-order valence-electron chi connectivity index (χ3n) is 3.65. The summed E-state index contributed by atoms with van der Waals surface area (Å²) in [5.41, 5.74) is 4.41. The number of aryl methyl sites for hydroxylation is 1.